The maximum Gasteiger partial charge on any atom is 0.522 e. The number of thioether (sulfide) groups is 2. The number of rotatable bonds is 6. The largest absolute Gasteiger partial charge is 0.522 e. The Morgan fingerprint density at radius 3 is 1.37 bits per heavy atom. The summed E-state index contributed by atoms with van der Waals surface area (Å²) < 4.78 is 78.0. The van der Waals surface area contributed by atoms with Gasteiger partial charge < -0.3 is 15.2 Å². The van der Waals surface area contributed by atoms with E-state index in [1.807, 2.05) is 77.3 Å². The molecule has 0 aliphatic carbocycles. The number of benzene rings is 12. The van der Waals surface area contributed by atoms with Gasteiger partial charge in [0, 0.05) is 64.6 Å². The second kappa shape index (κ2) is 37.3. The molecule has 1 unspecified atom stereocenters. The second-order valence-corrected chi connectivity index (χ2v) is 29.7. The minimum Gasteiger partial charge on any atom is -0.481 e. The van der Waals surface area contributed by atoms with E-state index in [0.29, 0.717) is 5.46 Å². The number of carboxylic acid groups (broad SMARTS) is 1. The molecule has 0 radical (unpaired) electrons. The number of hydrogen-bond acceptors (Lipinski definition) is 11. The van der Waals surface area contributed by atoms with Crippen LogP contribution in [-0.2, 0) is 25.7 Å². The van der Waals surface area contributed by atoms with Gasteiger partial charge in [0.25, 0.3) is 5.97 Å². The molecular weight excluding hydrogens is 1680 g/mol. The highest BCUT2D eigenvalue weighted by atomic mass is 127. The molecule has 1 heterocycles. The zero-order chi connectivity index (χ0) is 68.9. The number of fused-ring (bicyclic) bond motifs is 8. The van der Waals surface area contributed by atoms with Crippen LogP contribution in [0.25, 0.3) is 85.5 Å². The van der Waals surface area contributed by atoms with Crippen molar-refractivity contribution in [2.24, 2.45) is 0 Å². The number of carbonyl (C=O) groups is 1. The summed E-state index contributed by atoms with van der Waals surface area (Å²) in [6, 6.07) is 81.0. The summed E-state index contributed by atoms with van der Waals surface area (Å²) in [4.78, 5) is 12.6. The Bertz CT molecular complexity index is 4870. The number of halogens is 8. The van der Waals surface area contributed by atoms with Gasteiger partial charge >= 0.3 is 22.7 Å². The number of thiophene rings is 1. The summed E-state index contributed by atoms with van der Waals surface area (Å²) in [6.45, 7) is 1.08. The molecular formula is C70H57BBr4F3IO10S5. The molecule has 0 saturated heterocycles. The molecule has 24 heteroatoms. The molecule has 6 N–H and O–H groups in total. The van der Waals surface area contributed by atoms with E-state index in [1.54, 1.807) is 24.5 Å². The van der Waals surface area contributed by atoms with Crippen LogP contribution in [0.1, 0.15) is 6.92 Å². The fourth-order valence-corrected chi connectivity index (χ4v) is 16.0. The lowest BCUT2D eigenvalue weighted by Crippen LogP contribution is -2.29. The lowest BCUT2D eigenvalue weighted by Gasteiger charge is -2.11. The van der Waals surface area contributed by atoms with E-state index in [0.717, 1.165) is 47.1 Å². The molecule has 0 fully saturated rings. The van der Waals surface area contributed by atoms with Gasteiger partial charge in [-0.05, 0) is 170 Å². The molecule has 12 aromatic carbocycles. The van der Waals surface area contributed by atoms with Crippen molar-refractivity contribution in [3.63, 3.8) is 0 Å². The molecule has 0 bridgehead atoms. The predicted molar refractivity (Wildman–Crippen MR) is 411 cm³/mol. The monoisotopic (exact) mass is 1730 g/mol. The molecule has 10 nitrogen and oxygen atoms in total. The molecule has 94 heavy (non-hydrogen) atoms. The number of hydrogen-bond donors (Lipinski definition) is 6. The molecule has 0 aliphatic rings. The van der Waals surface area contributed by atoms with E-state index in [1.165, 1.54) is 81.5 Å². The van der Waals surface area contributed by atoms with Gasteiger partial charge in [0.1, 0.15) is 0 Å². The molecule has 0 amide bonds. The van der Waals surface area contributed by atoms with Crippen LogP contribution >= 0.6 is 121 Å². The Kier molecular flexibility index (Phi) is 30.7. The molecule has 0 spiro atoms. The van der Waals surface area contributed by atoms with Crippen LogP contribution in [0.3, 0.4) is 0 Å². The van der Waals surface area contributed by atoms with E-state index in [4.69, 9.17) is 43.4 Å². The maximum absolute atomic E-state index is 12.2. The topological polar surface area (TPSA) is 190 Å². The van der Waals surface area contributed by atoms with Crippen molar-refractivity contribution in [3.05, 3.63) is 258 Å². The van der Waals surface area contributed by atoms with Crippen molar-refractivity contribution >= 4 is 224 Å². The lowest BCUT2D eigenvalue weighted by atomic mass is 9.81. The highest BCUT2D eigenvalue weighted by molar-refractivity contribution is 14.1. The first kappa shape index (κ1) is 77.5. The van der Waals surface area contributed by atoms with Crippen LogP contribution in [-0.4, -0.2) is 80.2 Å². The number of carboxylic acids is 1. The van der Waals surface area contributed by atoms with Gasteiger partial charge in [-0.1, -0.05) is 236 Å². The zero-order valence-corrected chi connectivity index (χ0v) is 62.6. The summed E-state index contributed by atoms with van der Waals surface area (Å²) in [5.41, 5.74) is -0.375. The highest BCUT2D eigenvalue weighted by Gasteiger charge is 2.44. The molecule has 1 aromatic heterocycles. The average molecular weight is 1730 g/mol. The molecule has 1 atom stereocenters. The van der Waals surface area contributed by atoms with Gasteiger partial charge in [0.05, 0.1) is 15.7 Å². The minimum atomic E-state index is -5.84. The normalized spacial score (nSPS) is 11.1. The first-order valence-corrected chi connectivity index (χ1v) is 38.0. The van der Waals surface area contributed by atoms with Crippen LogP contribution in [0.5, 0.6) is 0 Å². The lowest BCUT2D eigenvalue weighted by molar-refractivity contribution is -0.176. The van der Waals surface area contributed by atoms with Crippen molar-refractivity contribution in [2.75, 3.05) is 18.8 Å². The molecule has 486 valence electrons. The second-order valence-electron chi connectivity index (χ2n) is 19.6. The molecule has 13 rings (SSSR count). The number of aliphatic carboxylic acids is 1. The van der Waals surface area contributed by atoms with Crippen molar-refractivity contribution in [1.29, 1.82) is 0 Å². The van der Waals surface area contributed by atoms with Crippen LogP contribution < -0.4 is 5.46 Å². The minimum absolute atomic E-state index is 0.495. The molecule has 0 saturated carbocycles. The average Bonchev–Trinajstić information content (AvgIpc) is 1.54. The van der Waals surface area contributed by atoms with Crippen LogP contribution in [0.15, 0.2) is 269 Å². The Labute approximate surface area is 604 Å². The van der Waals surface area contributed by atoms with E-state index < -0.39 is 39.5 Å². The van der Waals surface area contributed by atoms with E-state index in [-0.39, 0.29) is 0 Å². The van der Waals surface area contributed by atoms with Crippen molar-refractivity contribution < 1.29 is 60.8 Å². The van der Waals surface area contributed by atoms with Gasteiger partial charge in [0.15, 0.2) is 0 Å². The van der Waals surface area contributed by atoms with Gasteiger partial charge in [-0.25, -0.2) is 0 Å². The zero-order valence-electron chi connectivity index (χ0n) is 50.0. The quantitative estimate of drug-likeness (QED) is 0.0176. The summed E-state index contributed by atoms with van der Waals surface area (Å²) in [5.74, 6) is -0.833. The summed E-state index contributed by atoms with van der Waals surface area (Å²) in [6.07, 6.45) is 6.01. The first-order chi connectivity index (χ1) is 44.8. The predicted octanol–water partition coefficient (Wildman–Crippen LogP) is 21.8. The van der Waals surface area contributed by atoms with Crippen LogP contribution in [0.2, 0.25) is 0 Å². The third kappa shape index (κ3) is 21.5. The third-order valence-electron chi connectivity index (χ3n) is 13.3. The van der Waals surface area contributed by atoms with Gasteiger partial charge in [-0.3, -0.25) is 24.1 Å². The van der Waals surface area contributed by atoms with Crippen molar-refractivity contribution in [2.45, 2.75) is 27.1 Å². The Morgan fingerprint density at radius 1 is 0.521 bits per heavy atom. The van der Waals surface area contributed by atoms with E-state index in [9.17, 15) is 17.4 Å². The maximum atomic E-state index is 12.2. The summed E-state index contributed by atoms with van der Waals surface area (Å²) in [7, 11) is -8.26. The summed E-state index contributed by atoms with van der Waals surface area (Å²) in [5, 5.41) is 49.6. The molecule has 13 aromatic rings. The third-order valence-corrected chi connectivity index (χ3v) is 21.6. The fraction of sp³-hybridized carbons (Fsp3) is 0.0714. The van der Waals surface area contributed by atoms with Crippen molar-refractivity contribution in [3.8, 4) is 22.3 Å². The van der Waals surface area contributed by atoms with E-state index >= 15 is 0 Å². The van der Waals surface area contributed by atoms with Crippen LogP contribution in [0, 0.1) is 3.57 Å². The standard InChI is InChI=1S/C17H13BrOS.C17H13BrS.C16H9BrS.C11H9IS.C6H6BBrO2.C2H4O2.CHF3O3S.H2O2/c1-20(19)17-15-8-3-2-5-12(15)9-10-16(17)13-6-4-7-14(18)11-13;1-19-17-15-8-3-2-5-12(15)9-10-16(17)13-6-4-7-14(18)11-13;17-14-7-3-6-12-13-9-8-10-4-1-2-5-11(10)15(13)18-16(12)14;1-13-11-9-5-3-2-4-8(9)6-7-10(11)12;8-6-3-1-2-5(4-6)7(9)10;1-2(3)4;2-1(3,4)8(5,6)7;1-2/h2-11H,1H3;2-11H,1H3;1-9H;2-7H,1H3;1-4,9-10H;1H3,(H,3,4);(H,5,6,7);1-2H. The van der Waals surface area contributed by atoms with Crippen LogP contribution in [0.4, 0.5) is 13.2 Å². The first-order valence-electron chi connectivity index (χ1n) is 27.5. The summed E-state index contributed by atoms with van der Waals surface area (Å²) >= 11 is 21.8. The SMILES string of the molecule is Brc1cccc2c1sc1c3ccccc3ccc21.CC(=O)O.CS(=O)c1c(-c2cccc(Br)c2)ccc2ccccc12.CSc1c(-c2cccc(Br)c2)ccc2ccccc12.CSc1c(I)ccc2ccccc12.O=S(=O)(O)C(F)(F)F.OB(O)c1cccc(Br)c1.OO. The fourth-order valence-electron chi connectivity index (χ4n) is 9.37. The Balaban J connectivity index is 0.000000180. The van der Waals surface area contributed by atoms with E-state index in [2.05, 4.69) is 275 Å². The van der Waals surface area contributed by atoms with Crippen molar-refractivity contribution in [1.82, 2.24) is 0 Å². The Morgan fingerprint density at radius 2 is 0.904 bits per heavy atom. The smallest absolute Gasteiger partial charge is 0.481 e. The van der Waals surface area contributed by atoms with Gasteiger partial charge in [-0.15, -0.1) is 34.9 Å². The highest BCUT2D eigenvalue weighted by Crippen LogP contribution is 2.42. The number of alkyl halides is 3. The Hall–Kier alpha value is -5.53. The van der Waals surface area contributed by atoms with Gasteiger partial charge in [-0.2, -0.15) is 21.6 Å². The van der Waals surface area contributed by atoms with Gasteiger partial charge in [0.2, 0.25) is 0 Å². The molecule has 0 aliphatic heterocycles.